The minimum absolute atomic E-state index is 0.0917. The van der Waals surface area contributed by atoms with Crippen LogP contribution in [0.5, 0.6) is 17.2 Å². The van der Waals surface area contributed by atoms with Crippen molar-refractivity contribution in [2.75, 3.05) is 20.8 Å². The van der Waals surface area contributed by atoms with Gasteiger partial charge in [-0.1, -0.05) is 23.7 Å². The average molecular weight is 404 g/mol. The molecule has 0 aliphatic carbocycles. The Bertz CT molecular complexity index is 794. The van der Waals surface area contributed by atoms with E-state index in [1.165, 1.54) is 38.5 Å². The molecule has 0 radical (unpaired) electrons. The highest BCUT2D eigenvalue weighted by molar-refractivity contribution is 6.32. The third-order valence-corrected chi connectivity index (χ3v) is 3.76. The molecular formula is C18H17ClF3NO4. The lowest BCUT2D eigenvalue weighted by Crippen LogP contribution is -2.23. The van der Waals surface area contributed by atoms with Gasteiger partial charge in [-0.3, -0.25) is 4.79 Å². The molecule has 0 heterocycles. The highest BCUT2D eigenvalue weighted by atomic mass is 35.5. The highest BCUT2D eigenvalue weighted by Gasteiger charge is 2.28. The topological polar surface area (TPSA) is 56.8 Å². The molecule has 1 amide bonds. The molecule has 5 nitrogen and oxygen atoms in total. The van der Waals surface area contributed by atoms with Crippen LogP contribution in [0.1, 0.15) is 15.9 Å². The first-order valence-electron chi connectivity index (χ1n) is 7.71. The molecule has 9 heteroatoms. The van der Waals surface area contributed by atoms with E-state index in [4.69, 9.17) is 21.1 Å². The number of methoxy groups -OCH3 is 2. The van der Waals surface area contributed by atoms with E-state index in [9.17, 15) is 18.0 Å². The van der Waals surface area contributed by atoms with Crippen molar-refractivity contribution in [3.05, 3.63) is 52.5 Å². The minimum Gasteiger partial charge on any atom is -0.493 e. The van der Waals surface area contributed by atoms with Gasteiger partial charge in [0.2, 0.25) is 0 Å². The predicted molar refractivity (Wildman–Crippen MR) is 93.7 cm³/mol. The summed E-state index contributed by atoms with van der Waals surface area (Å²) in [5.41, 5.74) is 0.970. The molecule has 0 aliphatic heterocycles. The van der Waals surface area contributed by atoms with Crippen molar-refractivity contribution >= 4 is 17.5 Å². The maximum absolute atomic E-state index is 12.3. The molecule has 0 aromatic heterocycles. The summed E-state index contributed by atoms with van der Waals surface area (Å²) >= 11 is 6.07. The molecular weight excluding hydrogens is 387 g/mol. The van der Waals surface area contributed by atoms with Gasteiger partial charge in [-0.25, -0.2) is 0 Å². The number of alkyl halides is 3. The zero-order valence-electron chi connectivity index (χ0n) is 14.5. The number of carbonyl (C=O) groups excluding carboxylic acids is 1. The number of carbonyl (C=O) groups is 1. The fraction of sp³-hybridized carbons (Fsp3) is 0.278. The van der Waals surface area contributed by atoms with Gasteiger partial charge in [0.15, 0.2) is 18.1 Å². The quantitative estimate of drug-likeness (QED) is 0.751. The third-order valence-electron chi connectivity index (χ3n) is 3.47. The molecule has 0 bridgehead atoms. The summed E-state index contributed by atoms with van der Waals surface area (Å²) in [6, 6.07) is 8.88. The van der Waals surface area contributed by atoms with Crippen molar-refractivity contribution in [1.29, 1.82) is 0 Å². The van der Waals surface area contributed by atoms with Gasteiger partial charge in [-0.2, -0.15) is 13.2 Å². The van der Waals surface area contributed by atoms with Gasteiger partial charge in [0.1, 0.15) is 5.75 Å². The van der Waals surface area contributed by atoms with E-state index in [-0.39, 0.29) is 22.9 Å². The summed E-state index contributed by atoms with van der Waals surface area (Å²) in [4.78, 5) is 12.3. The smallest absolute Gasteiger partial charge is 0.422 e. The zero-order chi connectivity index (χ0) is 20.0. The lowest BCUT2D eigenvalue weighted by atomic mass is 10.1. The van der Waals surface area contributed by atoms with E-state index < -0.39 is 18.7 Å². The van der Waals surface area contributed by atoms with Crippen LogP contribution in [0.2, 0.25) is 5.02 Å². The highest BCUT2D eigenvalue weighted by Crippen LogP contribution is 2.36. The monoisotopic (exact) mass is 403 g/mol. The first kappa shape index (κ1) is 20.7. The van der Waals surface area contributed by atoms with Crippen molar-refractivity contribution in [2.45, 2.75) is 12.7 Å². The summed E-state index contributed by atoms with van der Waals surface area (Å²) in [7, 11) is 2.86. The van der Waals surface area contributed by atoms with Crippen LogP contribution in [-0.4, -0.2) is 32.9 Å². The zero-order valence-corrected chi connectivity index (χ0v) is 15.3. The predicted octanol–water partition coefficient (Wildman–Crippen LogP) is 4.23. The van der Waals surface area contributed by atoms with E-state index in [2.05, 4.69) is 10.1 Å². The molecule has 0 saturated heterocycles. The van der Waals surface area contributed by atoms with Crippen molar-refractivity contribution in [2.24, 2.45) is 0 Å². The van der Waals surface area contributed by atoms with E-state index in [0.717, 1.165) is 0 Å². The molecule has 0 atom stereocenters. The summed E-state index contributed by atoms with van der Waals surface area (Å²) < 4.78 is 51.3. The summed E-state index contributed by atoms with van der Waals surface area (Å²) in [5, 5.41) is 2.92. The lowest BCUT2D eigenvalue weighted by Gasteiger charge is -2.12. The molecule has 2 aromatic carbocycles. The first-order chi connectivity index (χ1) is 12.7. The number of rotatable bonds is 7. The number of hydrogen-bond acceptors (Lipinski definition) is 4. The number of halogens is 4. The van der Waals surface area contributed by atoms with E-state index in [1.54, 1.807) is 12.1 Å². The van der Waals surface area contributed by atoms with Crippen molar-refractivity contribution in [1.82, 2.24) is 5.32 Å². The summed E-state index contributed by atoms with van der Waals surface area (Å²) in [6.07, 6.45) is -4.40. The number of benzene rings is 2. The Hall–Kier alpha value is -2.61. The Morgan fingerprint density at radius 2 is 1.78 bits per heavy atom. The first-order valence-corrected chi connectivity index (χ1v) is 8.09. The number of ether oxygens (including phenoxy) is 3. The Balaban J connectivity index is 1.98. The van der Waals surface area contributed by atoms with Gasteiger partial charge in [0, 0.05) is 12.1 Å². The second-order valence-electron chi connectivity index (χ2n) is 5.42. The molecule has 1 N–H and O–H groups in total. The van der Waals surface area contributed by atoms with Crippen molar-refractivity contribution in [3.8, 4) is 17.2 Å². The molecule has 146 valence electrons. The molecule has 2 aromatic rings. The minimum atomic E-state index is -4.40. The van der Waals surface area contributed by atoms with Gasteiger partial charge < -0.3 is 19.5 Å². The fourth-order valence-corrected chi connectivity index (χ4v) is 2.49. The van der Waals surface area contributed by atoms with Gasteiger partial charge in [0.05, 0.1) is 19.2 Å². The number of hydrogen-bond donors (Lipinski definition) is 1. The SMILES string of the molecule is COc1cc(C(=O)NCc2ccc(OCC(F)(F)F)cc2)cc(Cl)c1OC. The molecule has 27 heavy (non-hydrogen) atoms. The van der Waals surface area contributed by atoms with Crippen LogP contribution >= 0.6 is 11.6 Å². The van der Waals surface area contributed by atoms with Crippen molar-refractivity contribution in [3.63, 3.8) is 0 Å². The Morgan fingerprint density at radius 1 is 1.11 bits per heavy atom. The molecule has 0 fully saturated rings. The van der Waals surface area contributed by atoms with Gasteiger partial charge in [-0.15, -0.1) is 0 Å². The normalized spacial score (nSPS) is 11.0. The van der Waals surface area contributed by atoms with Crippen LogP contribution in [0.25, 0.3) is 0 Å². The summed E-state index contributed by atoms with van der Waals surface area (Å²) in [5.74, 6) is 0.343. The van der Waals surface area contributed by atoms with Gasteiger partial charge in [-0.05, 0) is 29.8 Å². The number of nitrogens with one attached hydrogen (secondary N) is 1. The van der Waals surface area contributed by atoms with E-state index >= 15 is 0 Å². The molecule has 2 rings (SSSR count). The van der Waals surface area contributed by atoms with Gasteiger partial charge >= 0.3 is 6.18 Å². The maximum atomic E-state index is 12.3. The third kappa shape index (κ3) is 5.96. The van der Waals surface area contributed by atoms with Crippen LogP contribution in [0, 0.1) is 0 Å². The molecule has 0 unspecified atom stereocenters. The second kappa shape index (κ2) is 8.85. The number of amides is 1. The maximum Gasteiger partial charge on any atom is 0.422 e. The summed E-state index contributed by atoms with van der Waals surface area (Å²) in [6.45, 7) is -1.19. The van der Waals surface area contributed by atoms with E-state index in [1.807, 2.05) is 0 Å². The Morgan fingerprint density at radius 3 is 2.33 bits per heavy atom. The van der Waals surface area contributed by atoms with E-state index in [0.29, 0.717) is 17.1 Å². The second-order valence-corrected chi connectivity index (χ2v) is 5.83. The Labute approximate surface area is 159 Å². The van der Waals surface area contributed by atoms with Crippen LogP contribution in [-0.2, 0) is 6.54 Å². The largest absolute Gasteiger partial charge is 0.493 e. The van der Waals surface area contributed by atoms with Crippen LogP contribution in [0.4, 0.5) is 13.2 Å². The lowest BCUT2D eigenvalue weighted by molar-refractivity contribution is -0.153. The molecule has 0 spiro atoms. The van der Waals surface area contributed by atoms with Crippen molar-refractivity contribution < 1.29 is 32.2 Å². The standard InChI is InChI=1S/C18H17ClF3NO4/c1-25-15-8-12(7-14(19)16(15)26-2)17(24)23-9-11-3-5-13(6-4-11)27-10-18(20,21)22/h3-8H,9-10H2,1-2H3,(H,23,24). The van der Waals surface area contributed by atoms with Crippen LogP contribution < -0.4 is 19.5 Å². The average Bonchev–Trinajstić information content (AvgIpc) is 2.63. The molecule has 0 saturated carbocycles. The Kier molecular flexibility index (Phi) is 6.79. The molecule has 0 aliphatic rings. The van der Waals surface area contributed by atoms with Crippen LogP contribution in [0.15, 0.2) is 36.4 Å². The fourth-order valence-electron chi connectivity index (χ4n) is 2.20. The van der Waals surface area contributed by atoms with Gasteiger partial charge in [0.25, 0.3) is 5.91 Å². The van der Waals surface area contributed by atoms with Crippen LogP contribution in [0.3, 0.4) is 0 Å².